The summed E-state index contributed by atoms with van der Waals surface area (Å²) in [6.07, 6.45) is -7.19. The number of carbonyl (C=O) groups excluding carboxylic acids is 3. The lowest BCUT2D eigenvalue weighted by Crippen LogP contribution is -2.58. The average molecular weight is 658 g/mol. The molecular formula is C25H26F3N7O11. The van der Waals surface area contributed by atoms with Crippen LogP contribution in [-0.2, 0) is 32.3 Å². The number of nitrogens with zero attached hydrogens (tertiary/aromatic N) is 4. The molecule has 0 atom stereocenters. The van der Waals surface area contributed by atoms with Crippen LogP contribution in [0.1, 0.15) is 11.1 Å². The summed E-state index contributed by atoms with van der Waals surface area (Å²) in [5, 5.41) is 36.7. The Kier molecular flexibility index (Phi) is 13.3. The summed E-state index contributed by atoms with van der Waals surface area (Å²) < 4.78 is 41.9. The molecule has 0 bridgehead atoms. The quantitative estimate of drug-likeness (QED) is 0.131. The predicted molar refractivity (Wildman–Crippen MR) is 148 cm³/mol. The zero-order valence-corrected chi connectivity index (χ0v) is 23.7. The van der Waals surface area contributed by atoms with Crippen molar-refractivity contribution in [1.82, 2.24) is 20.9 Å². The van der Waals surface area contributed by atoms with Crippen LogP contribution in [0.4, 0.5) is 34.1 Å². The van der Waals surface area contributed by atoms with Gasteiger partial charge in [-0.25, -0.2) is 14.4 Å². The van der Waals surface area contributed by atoms with Gasteiger partial charge < -0.3 is 30.1 Å². The molecule has 0 spiro atoms. The second kappa shape index (κ2) is 16.8. The van der Waals surface area contributed by atoms with Crippen LogP contribution in [0.15, 0.2) is 53.5 Å². The van der Waals surface area contributed by atoms with Gasteiger partial charge in [-0.05, 0) is 35.4 Å². The fourth-order valence-electron chi connectivity index (χ4n) is 3.13. The molecule has 18 nitrogen and oxygen atoms in total. The number of hydrogen-bond acceptors (Lipinski definition) is 11. The van der Waals surface area contributed by atoms with Crippen LogP contribution in [0.5, 0.6) is 0 Å². The monoisotopic (exact) mass is 657 g/mol. The maximum atomic E-state index is 12.4. The number of halogens is 3. The summed E-state index contributed by atoms with van der Waals surface area (Å²) in [5.74, 6) is -3.47. The molecule has 21 heteroatoms. The molecule has 1 heterocycles. The molecule has 0 radical (unpaired) electrons. The van der Waals surface area contributed by atoms with Crippen LogP contribution < -0.4 is 16.0 Å². The van der Waals surface area contributed by atoms with E-state index in [1.54, 1.807) is 0 Å². The van der Waals surface area contributed by atoms with Gasteiger partial charge in [-0.3, -0.25) is 30.3 Å². The minimum atomic E-state index is -5.08. The number of aliphatic imine (C=N–C) groups is 1. The SMILES string of the molecule is CN(CC(=O)NC1CNC1)C(=NC(=O)OCc1ccc([N+](=O)[O-])cc1)NC(=O)OCc1ccc([N+](=O)[O-])cc1.O=C(O)C(F)(F)F. The van der Waals surface area contributed by atoms with Crippen molar-refractivity contribution in [2.75, 3.05) is 26.7 Å². The Labute approximate surface area is 256 Å². The number of non-ortho nitro benzene ring substituents is 2. The first-order valence-electron chi connectivity index (χ1n) is 12.7. The van der Waals surface area contributed by atoms with Crippen molar-refractivity contribution < 1.29 is 56.8 Å². The summed E-state index contributed by atoms with van der Waals surface area (Å²) in [5.41, 5.74) is 0.684. The topological polar surface area (TPSA) is 245 Å². The number of nitro benzene ring substituents is 2. The van der Waals surface area contributed by atoms with E-state index in [4.69, 9.17) is 19.4 Å². The van der Waals surface area contributed by atoms with Gasteiger partial charge in [-0.15, -0.1) is 4.99 Å². The number of nitrogens with one attached hydrogen (secondary N) is 3. The molecule has 3 rings (SSSR count). The minimum absolute atomic E-state index is 0.0300. The number of ether oxygens (including phenoxy) is 2. The fourth-order valence-corrected chi connectivity index (χ4v) is 3.13. The van der Waals surface area contributed by atoms with Gasteiger partial charge in [0, 0.05) is 44.4 Å². The molecule has 1 aliphatic rings. The van der Waals surface area contributed by atoms with Gasteiger partial charge in [0.25, 0.3) is 11.4 Å². The Hall–Kier alpha value is -5.86. The maximum Gasteiger partial charge on any atom is 0.490 e. The summed E-state index contributed by atoms with van der Waals surface area (Å²) >= 11 is 0. The zero-order valence-electron chi connectivity index (χ0n) is 23.7. The molecule has 0 aromatic heterocycles. The molecule has 0 unspecified atom stereocenters. The third kappa shape index (κ3) is 12.8. The van der Waals surface area contributed by atoms with E-state index in [1.165, 1.54) is 60.5 Å². The van der Waals surface area contributed by atoms with Gasteiger partial charge in [0.2, 0.25) is 11.9 Å². The van der Waals surface area contributed by atoms with Crippen molar-refractivity contribution in [3.63, 3.8) is 0 Å². The van der Waals surface area contributed by atoms with Gasteiger partial charge in [0.1, 0.15) is 13.2 Å². The number of guanidine groups is 1. The highest BCUT2D eigenvalue weighted by molar-refractivity contribution is 6.00. The van der Waals surface area contributed by atoms with Crippen molar-refractivity contribution in [3.8, 4) is 0 Å². The van der Waals surface area contributed by atoms with E-state index < -0.39 is 34.2 Å². The van der Waals surface area contributed by atoms with Crippen LogP contribution in [-0.4, -0.2) is 88.8 Å². The van der Waals surface area contributed by atoms with Gasteiger partial charge >= 0.3 is 24.3 Å². The molecule has 1 aliphatic heterocycles. The van der Waals surface area contributed by atoms with E-state index >= 15 is 0 Å². The van der Waals surface area contributed by atoms with Crippen LogP contribution in [0.25, 0.3) is 0 Å². The van der Waals surface area contributed by atoms with Gasteiger partial charge in [-0.2, -0.15) is 13.2 Å². The van der Waals surface area contributed by atoms with Crippen molar-refractivity contribution in [2.45, 2.75) is 25.4 Å². The average Bonchev–Trinajstić information content (AvgIpc) is 2.96. The third-order valence-electron chi connectivity index (χ3n) is 5.57. The van der Waals surface area contributed by atoms with Crippen molar-refractivity contribution in [3.05, 3.63) is 79.9 Å². The van der Waals surface area contributed by atoms with Crippen LogP contribution in [0, 0.1) is 20.2 Å². The van der Waals surface area contributed by atoms with Gasteiger partial charge in [-0.1, -0.05) is 0 Å². The number of aliphatic carboxylic acids is 1. The molecule has 3 amide bonds. The summed E-state index contributed by atoms with van der Waals surface area (Å²) in [6, 6.07) is 10.7. The number of likely N-dealkylation sites (N-methyl/N-ethyl adjacent to an activating group) is 1. The first kappa shape index (κ1) is 36.3. The summed E-state index contributed by atoms with van der Waals surface area (Å²) in [7, 11) is 1.41. The summed E-state index contributed by atoms with van der Waals surface area (Å²) in [6.45, 7) is 0.502. The van der Waals surface area contributed by atoms with Crippen LogP contribution in [0.3, 0.4) is 0 Å². The minimum Gasteiger partial charge on any atom is -0.475 e. The normalized spacial score (nSPS) is 12.7. The fraction of sp³-hybridized carbons (Fsp3) is 0.320. The van der Waals surface area contributed by atoms with Gasteiger partial charge in [0.15, 0.2) is 0 Å². The number of carbonyl (C=O) groups is 4. The van der Waals surface area contributed by atoms with E-state index in [0.717, 1.165) is 0 Å². The number of rotatable bonds is 9. The number of carboxylic acids is 1. The Morgan fingerprint density at radius 1 is 0.957 bits per heavy atom. The molecular weight excluding hydrogens is 631 g/mol. The Bertz CT molecular complexity index is 1450. The molecule has 2 aromatic rings. The maximum absolute atomic E-state index is 12.4. The Morgan fingerprint density at radius 3 is 1.80 bits per heavy atom. The van der Waals surface area contributed by atoms with Gasteiger partial charge in [0.05, 0.1) is 22.4 Å². The molecule has 248 valence electrons. The molecule has 1 fully saturated rings. The van der Waals surface area contributed by atoms with Crippen LogP contribution in [0.2, 0.25) is 0 Å². The Balaban J connectivity index is 0.000000942. The highest BCUT2D eigenvalue weighted by Gasteiger charge is 2.38. The van der Waals surface area contributed by atoms with Crippen molar-refractivity contribution in [1.29, 1.82) is 0 Å². The first-order valence-corrected chi connectivity index (χ1v) is 12.7. The van der Waals surface area contributed by atoms with Crippen molar-refractivity contribution in [2.24, 2.45) is 4.99 Å². The third-order valence-corrected chi connectivity index (χ3v) is 5.57. The van der Waals surface area contributed by atoms with Crippen molar-refractivity contribution >= 4 is 41.4 Å². The van der Waals surface area contributed by atoms with E-state index in [2.05, 4.69) is 20.9 Å². The van der Waals surface area contributed by atoms with Crippen LogP contribution >= 0.6 is 0 Å². The highest BCUT2D eigenvalue weighted by atomic mass is 19.4. The van der Waals surface area contributed by atoms with E-state index in [-0.39, 0.29) is 49.0 Å². The zero-order chi connectivity index (χ0) is 34.4. The lowest BCUT2D eigenvalue weighted by Gasteiger charge is -2.29. The standard InChI is InChI=1S/C23H25N7O9.C2HF3O2/c1-28(12-20(31)25-17-10-24-11-17)21(26-22(32)38-13-15-2-6-18(7-3-15)29(34)35)27-23(33)39-14-16-4-8-19(9-5-16)30(36)37;3-2(4,5)1(6)7/h2-9,17,24H,10-14H2,1H3,(H,25,31)(H,26,27,32,33);(H,6,7). The lowest BCUT2D eigenvalue weighted by atomic mass is 10.2. The lowest BCUT2D eigenvalue weighted by molar-refractivity contribution is -0.385. The second-order valence-electron chi connectivity index (χ2n) is 9.12. The first-order chi connectivity index (χ1) is 21.5. The number of alkyl carbamates (subject to hydrolysis) is 1. The molecule has 1 saturated heterocycles. The number of amides is 3. The largest absolute Gasteiger partial charge is 0.490 e. The summed E-state index contributed by atoms with van der Waals surface area (Å²) in [4.78, 5) is 71.3. The smallest absolute Gasteiger partial charge is 0.475 e. The van der Waals surface area contributed by atoms with E-state index in [1.807, 2.05) is 0 Å². The number of nitro groups is 2. The molecule has 46 heavy (non-hydrogen) atoms. The molecule has 0 saturated carbocycles. The highest BCUT2D eigenvalue weighted by Crippen LogP contribution is 2.14. The molecule has 4 N–H and O–H groups in total. The van der Waals surface area contributed by atoms with E-state index in [0.29, 0.717) is 24.2 Å². The van der Waals surface area contributed by atoms with E-state index in [9.17, 15) is 47.8 Å². The predicted octanol–water partition coefficient (Wildman–Crippen LogP) is 2.08. The number of alkyl halides is 3. The number of benzene rings is 2. The Morgan fingerprint density at radius 2 is 1.41 bits per heavy atom. The second-order valence-corrected chi connectivity index (χ2v) is 9.12. The molecule has 0 aliphatic carbocycles. The number of hydrogen-bond donors (Lipinski definition) is 4. The number of carboxylic acid groups (broad SMARTS) is 1. The molecule has 2 aromatic carbocycles.